The fourth-order valence-electron chi connectivity index (χ4n) is 1.87. The van der Waals surface area contributed by atoms with Crippen molar-refractivity contribution in [3.8, 4) is 22.8 Å². The number of nitrogens with one attached hydrogen (secondary N) is 1. The van der Waals surface area contributed by atoms with Crippen LogP contribution in [-0.4, -0.2) is 15.2 Å². The SMILES string of the molecule is Nc1cccc(-c2n[nH]c(-c3cc(Cl)ccc3Cl)n2)c1. The molecule has 6 heteroatoms. The quantitative estimate of drug-likeness (QED) is 0.702. The normalized spacial score (nSPS) is 10.7. The molecule has 1 heterocycles. The van der Waals surface area contributed by atoms with E-state index >= 15 is 0 Å². The van der Waals surface area contributed by atoms with E-state index in [1.807, 2.05) is 24.3 Å². The molecule has 0 radical (unpaired) electrons. The van der Waals surface area contributed by atoms with Gasteiger partial charge in [0.05, 0.1) is 5.02 Å². The number of aromatic amines is 1. The van der Waals surface area contributed by atoms with Crippen LogP contribution in [0.5, 0.6) is 0 Å². The molecule has 0 aliphatic carbocycles. The third kappa shape index (κ3) is 2.48. The molecule has 0 aliphatic heterocycles. The summed E-state index contributed by atoms with van der Waals surface area (Å²) in [7, 11) is 0. The first-order chi connectivity index (χ1) is 9.63. The van der Waals surface area contributed by atoms with Crippen LogP contribution < -0.4 is 5.73 Å². The summed E-state index contributed by atoms with van der Waals surface area (Å²) in [6, 6.07) is 12.6. The molecule has 1 aromatic heterocycles. The monoisotopic (exact) mass is 304 g/mol. The highest BCUT2D eigenvalue weighted by Crippen LogP contribution is 2.29. The van der Waals surface area contributed by atoms with Crippen LogP contribution in [0.15, 0.2) is 42.5 Å². The van der Waals surface area contributed by atoms with E-state index in [9.17, 15) is 0 Å². The molecule has 0 spiro atoms. The van der Waals surface area contributed by atoms with E-state index in [1.54, 1.807) is 18.2 Å². The van der Waals surface area contributed by atoms with Gasteiger partial charge in [0.15, 0.2) is 11.6 Å². The first-order valence-electron chi connectivity index (χ1n) is 5.87. The molecule has 0 atom stereocenters. The maximum Gasteiger partial charge on any atom is 0.181 e. The van der Waals surface area contributed by atoms with Gasteiger partial charge in [-0.3, -0.25) is 5.10 Å². The molecular formula is C14H10Cl2N4. The van der Waals surface area contributed by atoms with Gasteiger partial charge in [-0.15, -0.1) is 0 Å². The molecular weight excluding hydrogens is 295 g/mol. The van der Waals surface area contributed by atoms with Gasteiger partial charge in [-0.25, -0.2) is 4.98 Å². The van der Waals surface area contributed by atoms with Crippen molar-refractivity contribution in [2.45, 2.75) is 0 Å². The molecule has 0 unspecified atom stereocenters. The number of halogens is 2. The van der Waals surface area contributed by atoms with Crippen LogP contribution in [0.4, 0.5) is 5.69 Å². The molecule has 4 nitrogen and oxygen atoms in total. The maximum absolute atomic E-state index is 6.14. The van der Waals surface area contributed by atoms with Gasteiger partial charge in [0.2, 0.25) is 0 Å². The molecule has 100 valence electrons. The number of nitrogens with zero attached hydrogens (tertiary/aromatic N) is 2. The van der Waals surface area contributed by atoms with Gasteiger partial charge in [0.1, 0.15) is 0 Å². The van der Waals surface area contributed by atoms with Gasteiger partial charge >= 0.3 is 0 Å². The molecule has 0 saturated heterocycles. The number of hydrogen-bond donors (Lipinski definition) is 2. The summed E-state index contributed by atoms with van der Waals surface area (Å²) in [6.07, 6.45) is 0. The minimum Gasteiger partial charge on any atom is -0.399 e. The molecule has 20 heavy (non-hydrogen) atoms. The molecule has 3 rings (SSSR count). The lowest BCUT2D eigenvalue weighted by molar-refractivity contribution is 1.10. The Kier molecular flexibility index (Phi) is 3.34. The molecule has 0 aliphatic rings. The Morgan fingerprint density at radius 2 is 1.90 bits per heavy atom. The molecule has 0 amide bonds. The second-order valence-corrected chi connectivity index (χ2v) is 5.10. The summed E-state index contributed by atoms with van der Waals surface area (Å²) in [5, 5.41) is 8.19. The maximum atomic E-state index is 6.14. The summed E-state index contributed by atoms with van der Waals surface area (Å²) in [5.41, 5.74) is 7.96. The molecule has 0 bridgehead atoms. The summed E-state index contributed by atoms with van der Waals surface area (Å²) < 4.78 is 0. The highest BCUT2D eigenvalue weighted by Gasteiger charge is 2.11. The fourth-order valence-corrected chi connectivity index (χ4v) is 2.25. The first-order valence-corrected chi connectivity index (χ1v) is 6.63. The highest BCUT2D eigenvalue weighted by atomic mass is 35.5. The van der Waals surface area contributed by atoms with Gasteiger partial charge < -0.3 is 5.73 Å². The van der Waals surface area contributed by atoms with Crippen LogP contribution in [0, 0.1) is 0 Å². The average molecular weight is 305 g/mol. The van der Waals surface area contributed by atoms with Crippen molar-refractivity contribution >= 4 is 28.9 Å². The van der Waals surface area contributed by atoms with Gasteiger partial charge in [-0.2, -0.15) is 5.10 Å². The zero-order valence-corrected chi connectivity index (χ0v) is 11.8. The van der Waals surface area contributed by atoms with E-state index < -0.39 is 0 Å². The number of rotatable bonds is 2. The zero-order valence-electron chi connectivity index (χ0n) is 10.3. The summed E-state index contributed by atoms with van der Waals surface area (Å²) >= 11 is 12.1. The van der Waals surface area contributed by atoms with E-state index in [0.29, 0.717) is 32.9 Å². The van der Waals surface area contributed by atoms with Crippen molar-refractivity contribution in [3.05, 3.63) is 52.5 Å². The van der Waals surface area contributed by atoms with Crippen LogP contribution >= 0.6 is 23.2 Å². The third-order valence-electron chi connectivity index (χ3n) is 2.81. The number of H-pyrrole nitrogens is 1. The Bertz CT molecular complexity index is 767. The largest absolute Gasteiger partial charge is 0.399 e. The minimum absolute atomic E-state index is 0.559. The van der Waals surface area contributed by atoms with Crippen molar-refractivity contribution < 1.29 is 0 Å². The number of benzene rings is 2. The third-order valence-corrected chi connectivity index (χ3v) is 3.38. The van der Waals surface area contributed by atoms with Crippen LogP contribution in [-0.2, 0) is 0 Å². The Morgan fingerprint density at radius 1 is 1.05 bits per heavy atom. The van der Waals surface area contributed by atoms with E-state index in [-0.39, 0.29) is 0 Å². The molecule has 2 aromatic carbocycles. The number of nitrogen functional groups attached to an aromatic ring is 1. The van der Waals surface area contributed by atoms with Crippen LogP contribution in [0.25, 0.3) is 22.8 Å². The Balaban J connectivity index is 2.04. The number of aromatic nitrogens is 3. The molecule has 0 fully saturated rings. The molecule has 0 saturated carbocycles. The number of anilines is 1. The smallest absolute Gasteiger partial charge is 0.181 e. The Labute approximate surface area is 125 Å². The molecule has 3 aromatic rings. The predicted molar refractivity (Wildman–Crippen MR) is 81.7 cm³/mol. The summed E-state index contributed by atoms with van der Waals surface area (Å²) in [4.78, 5) is 4.43. The zero-order chi connectivity index (χ0) is 14.1. The lowest BCUT2D eigenvalue weighted by Crippen LogP contribution is -1.86. The summed E-state index contributed by atoms with van der Waals surface area (Å²) in [5.74, 6) is 1.12. The van der Waals surface area contributed by atoms with Gasteiger partial charge in [0.25, 0.3) is 0 Å². The lowest BCUT2D eigenvalue weighted by atomic mass is 10.2. The van der Waals surface area contributed by atoms with Crippen molar-refractivity contribution in [2.75, 3.05) is 5.73 Å². The predicted octanol–water partition coefficient (Wildman–Crippen LogP) is 4.03. The van der Waals surface area contributed by atoms with E-state index in [0.717, 1.165) is 5.56 Å². The molecule has 3 N–H and O–H groups in total. The standard InChI is InChI=1S/C14H10Cl2N4/c15-9-4-5-12(16)11(7-9)14-18-13(19-20-14)8-2-1-3-10(17)6-8/h1-7H,17H2,(H,18,19,20). The Hall–Kier alpha value is -2.04. The second-order valence-electron chi connectivity index (χ2n) is 4.26. The first kappa shape index (κ1) is 13.0. The topological polar surface area (TPSA) is 67.6 Å². The van der Waals surface area contributed by atoms with E-state index in [1.165, 1.54) is 0 Å². The van der Waals surface area contributed by atoms with Gasteiger partial charge in [0, 0.05) is 21.8 Å². The number of nitrogens with two attached hydrogens (primary N) is 1. The second kappa shape index (κ2) is 5.15. The van der Waals surface area contributed by atoms with E-state index in [4.69, 9.17) is 28.9 Å². The highest BCUT2D eigenvalue weighted by molar-refractivity contribution is 6.35. The fraction of sp³-hybridized carbons (Fsp3) is 0. The van der Waals surface area contributed by atoms with Gasteiger partial charge in [-0.05, 0) is 30.3 Å². The lowest BCUT2D eigenvalue weighted by Gasteiger charge is -2.00. The van der Waals surface area contributed by atoms with Crippen molar-refractivity contribution in [1.29, 1.82) is 0 Å². The Morgan fingerprint density at radius 3 is 2.70 bits per heavy atom. The average Bonchev–Trinajstić information content (AvgIpc) is 2.91. The van der Waals surface area contributed by atoms with Crippen molar-refractivity contribution in [2.24, 2.45) is 0 Å². The van der Waals surface area contributed by atoms with Crippen molar-refractivity contribution in [1.82, 2.24) is 15.2 Å². The number of hydrogen-bond acceptors (Lipinski definition) is 3. The van der Waals surface area contributed by atoms with Crippen LogP contribution in [0.3, 0.4) is 0 Å². The van der Waals surface area contributed by atoms with E-state index in [2.05, 4.69) is 15.2 Å². The van der Waals surface area contributed by atoms with Crippen molar-refractivity contribution in [3.63, 3.8) is 0 Å². The summed E-state index contributed by atoms with van der Waals surface area (Å²) in [6.45, 7) is 0. The van der Waals surface area contributed by atoms with Gasteiger partial charge in [-0.1, -0.05) is 35.3 Å². The van der Waals surface area contributed by atoms with Crippen LogP contribution in [0.1, 0.15) is 0 Å². The minimum atomic E-state index is 0.559. The van der Waals surface area contributed by atoms with Crippen LogP contribution in [0.2, 0.25) is 10.0 Å².